The van der Waals surface area contributed by atoms with Gasteiger partial charge in [-0.3, -0.25) is 0 Å². The van der Waals surface area contributed by atoms with Crippen LogP contribution in [0.3, 0.4) is 0 Å². The second kappa shape index (κ2) is 2.97. The average molecular weight is 261 g/mol. The molecule has 1 aromatic rings. The van der Waals surface area contributed by atoms with Gasteiger partial charge in [-0.1, -0.05) is 0 Å². The number of hydrogen-bond donors (Lipinski definition) is 0. The molecule has 0 aliphatic carbocycles. The fourth-order valence-electron chi connectivity index (χ4n) is 1.24. The van der Waals surface area contributed by atoms with Crippen molar-refractivity contribution in [3.8, 4) is 0 Å². The molecule has 2 nitrogen and oxygen atoms in total. The summed E-state index contributed by atoms with van der Waals surface area (Å²) in [4.78, 5) is 4.12. The summed E-state index contributed by atoms with van der Waals surface area (Å²) in [5, 5.41) is 0. The van der Waals surface area contributed by atoms with E-state index in [0.29, 0.717) is 0 Å². The Kier molecular flexibility index (Phi) is 1.98. The molecule has 2 rings (SSSR count). The molecule has 0 spiro atoms. The minimum absolute atomic E-state index is 0.256. The molecule has 1 aliphatic rings. The first-order valence-electron chi connectivity index (χ1n) is 3.64. The maximum absolute atomic E-state index is 4.12. The summed E-state index contributed by atoms with van der Waals surface area (Å²) in [5.74, 6) is 0. The maximum atomic E-state index is 4.12. The zero-order valence-corrected chi connectivity index (χ0v) is 8.58. The van der Waals surface area contributed by atoms with Gasteiger partial charge in [0.2, 0.25) is 0 Å². The number of alkyl halides is 1. The standard InChI is InChI=1S/C8H10IN2/c1-11-8-6-10-5-3-7(8)2-4-9-11/h3,5-6H,2,4H2,1H3/q-1. The molecule has 0 radical (unpaired) electrons. The first-order valence-corrected chi connectivity index (χ1v) is 6.13. The summed E-state index contributed by atoms with van der Waals surface area (Å²) in [5.41, 5.74) is 2.82. The molecule has 0 N–H and O–H groups in total. The number of aromatic nitrogens is 1. The van der Waals surface area contributed by atoms with E-state index in [4.69, 9.17) is 0 Å². The van der Waals surface area contributed by atoms with Crippen LogP contribution in [-0.4, -0.2) is 16.5 Å². The Labute approximate surface area is 77.2 Å². The number of aryl methyl sites for hydroxylation is 1. The predicted molar refractivity (Wildman–Crippen MR) is 41.2 cm³/mol. The Bertz CT molecular complexity index is 262. The van der Waals surface area contributed by atoms with E-state index >= 15 is 0 Å². The zero-order valence-electron chi connectivity index (χ0n) is 6.42. The summed E-state index contributed by atoms with van der Waals surface area (Å²) in [6, 6.07) is 2.13. The van der Waals surface area contributed by atoms with Crippen LogP contribution in [0.15, 0.2) is 18.5 Å². The van der Waals surface area contributed by atoms with Gasteiger partial charge in [-0.15, -0.1) is 0 Å². The summed E-state index contributed by atoms with van der Waals surface area (Å²) < 4.78 is 3.76. The molecule has 0 unspecified atom stereocenters. The third-order valence-electron chi connectivity index (χ3n) is 1.85. The van der Waals surface area contributed by atoms with Gasteiger partial charge in [0.05, 0.1) is 0 Å². The monoisotopic (exact) mass is 261 g/mol. The van der Waals surface area contributed by atoms with Crippen molar-refractivity contribution in [3.05, 3.63) is 24.0 Å². The van der Waals surface area contributed by atoms with E-state index in [1.54, 1.807) is 0 Å². The molecule has 0 fully saturated rings. The van der Waals surface area contributed by atoms with Crippen LogP contribution in [0.25, 0.3) is 0 Å². The molecule has 2 heterocycles. The molecule has 0 amide bonds. The van der Waals surface area contributed by atoms with E-state index in [9.17, 15) is 0 Å². The van der Waals surface area contributed by atoms with Crippen LogP contribution in [0.2, 0.25) is 0 Å². The normalized spacial score (nSPS) is 17.0. The molecule has 0 saturated carbocycles. The number of halogens is 1. The predicted octanol–water partition coefficient (Wildman–Crippen LogP) is -1.92. The van der Waals surface area contributed by atoms with Gasteiger partial charge in [-0.25, -0.2) is 0 Å². The van der Waals surface area contributed by atoms with Crippen molar-refractivity contribution in [2.24, 2.45) is 0 Å². The van der Waals surface area contributed by atoms with Crippen LogP contribution in [0, 0.1) is 0 Å². The molecule has 60 valence electrons. The number of hydrogen-bond acceptors (Lipinski definition) is 2. The van der Waals surface area contributed by atoms with Crippen LogP contribution in [0.5, 0.6) is 0 Å². The van der Waals surface area contributed by atoms with Crippen molar-refractivity contribution in [2.45, 2.75) is 6.42 Å². The molecule has 0 atom stereocenters. The SMILES string of the molecule is CN1[I-]CCc2ccncc21. The Hall–Kier alpha value is -0.320. The van der Waals surface area contributed by atoms with Gasteiger partial charge >= 0.3 is 77.2 Å². The Morgan fingerprint density at radius 1 is 1.64 bits per heavy atom. The van der Waals surface area contributed by atoms with Gasteiger partial charge in [0.15, 0.2) is 0 Å². The number of pyridine rings is 1. The number of nitrogens with zero attached hydrogens (tertiary/aromatic N) is 2. The summed E-state index contributed by atoms with van der Waals surface area (Å²) in [6.07, 6.45) is 5.12. The Morgan fingerprint density at radius 2 is 2.55 bits per heavy atom. The summed E-state index contributed by atoms with van der Waals surface area (Å²) in [7, 11) is 2.17. The van der Waals surface area contributed by atoms with Crippen LogP contribution < -0.4 is 24.6 Å². The quantitative estimate of drug-likeness (QED) is 0.307. The van der Waals surface area contributed by atoms with Crippen molar-refractivity contribution in [3.63, 3.8) is 0 Å². The van der Waals surface area contributed by atoms with Gasteiger partial charge in [0.25, 0.3) is 0 Å². The molecular formula is C8H10IN2-. The molecule has 0 aromatic carbocycles. The number of anilines is 1. The Balaban J connectivity index is 2.44. The van der Waals surface area contributed by atoms with Gasteiger partial charge in [-0.2, -0.15) is 0 Å². The van der Waals surface area contributed by atoms with Crippen molar-refractivity contribution in [1.82, 2.24) is 4.98 Å². The van der Waals surface area contributed by atoms with Crippen LogP contribution >= 0.6 is 0 Å². The molecule has 11 heavy (non-hydrogen) atoms. The summed E-state index contributed by atoms with van der Waals surface area (Å²) in [6.45, 7) is 0. The molecule has 0 bridgehead atoms. The van der Waals surface area contributed by atoms with E-state index in [-0.39, 0.29) is 21.5 Å². The average Bonchev–Trinajstić information content (AvgIpc) is 2.06. The number of fused-ring (bicyclic) bond motifs is 1. The van der Waals surface area contributed by atoms with Crippen molar-refractivity contribution >= 4 is 5.69 Å². The first kappa shape index (κ1) is 7.34. The van der Waals surface area contributed by atoms with Crippen LogP contribution in [-0.2, 0) is 6.42 Å². The number of rotatable bonds is 0. The van der Waals surface area contributed by atoms with E-state index in [2.05, 4.69) is 21.2 Å². The zero-order chi connectivity index (χ0) is 7.68. The molecule has 1 aromatic heterocycles. The van der Waals surface area contributed by atoms with Crippen molar-refractivity contribution in [1.29, 1.82) is 0 Å². The fourth-order valence-corrected chi connectivity index (χ4v) is 3.59. The van der Waals surface area contributed by atoms with E-state index in [1.807, 2.05) is 12.4 Å². The van der Waals surface area contributed by atoms with E-state index in [1.165, 1.54) is 22.1 Å². The topological polar surface area (TPSA) is 16.1 Å². The molecular weight excluding hydrogens is 251 g/mol. The van der Waals surface area contributed by atoms with Gasteiger partial charge < -0.3 is 0 Å². The van der Waals surface area contributed by atoms with Gasteiger partial charge in [0.1, 0.15) is 0 Å². The summed E-state index contributed by atoms with van der Waals surface area (Å²) >= 11 is 0.256. The second-order valence-electron chi connectivity index (χ2n) is 2.54. The second-order valence-corrected chi connectivity index (χ2v) is 5.75. The third-order valence-corrected chi connectivity index (χ3v) is 4.41. The fraction of sp³-hybridized carbons (Fsp3) is 0.375. The Morgan fingerprint density at radius 3 is 3.36 bits per heavy atom. The van der Waals surface area contributed by atoms with Gasteiger partial charge in [0, 0.05) is 0 Å². The first-order chi connectivity index (χ1) is 5.38. The van der Waals surface area contributed by atoms with E-state index in [0.717, 1.165) is 0 Å². The van der Waals surface area contributed by atoms with Crippen LogP contribution in [0.1, 0.15) is 5.56 Å². The van der Waals surface area contributed by atoms with Crippen molar-refractivity contribution in [2.75, 3.05) is 14.6 Å². The van der Waals surface area contributed by atoms with Crippen LogP contribution in [0.4, 0.5) is 5.69 Å². The van der Waals surface area contributed by atoms with Gasteiger partial charge in [-0.05, 0) is 0 Å². The molecule has 0 saturated heterocycles. The van der Waals surface area contributed by atoms with E-state index < -0.39 is 0 Å². The minimum atomic E-state index is 0.256. The molecule has 3 heteroatoms. The third kappa shape index (κ3) is 1.34. The van der Waals surface area contributed by atoms with Crippen molar-refractivity contribution < 1.29 is 21.5 Å². The molecule has 1 aliphatic heterocycles.